The highest BCUT2D eigenvalue weighted by atomic mass is 19.1. The van der Waals surface area contributed by atoms with E-state index in [4.69, 9.17) is 52.3 Å². The molecule has 2 saturated heterocycles. The molecule has 1 aromatic heterocycles. The Morgan fingerprint density at radius 1 is 1.16 bits per heavy atom. The number of aromatic hydroxyl groups is 1. The zero-order chi connectivity index (χ0) is 27.9. The van der Waals surface area contributed by atoms with Crippen molar-refractivity contribution in [3.63, 3.8) is 0 Å². The monoisotopic (exact) mass is 488 g/mol. The van der Waals surface area contributed by atoms with Gasteiger partial charge in [0.15, 0.2) is 0 Å². The number of nitrogens with one attached hydrogen (secondary N) is 2. The molecule has 3 N–H and O–H groups in total. The molecule has 2 aliphatic heterocycles. The van der Waals surface area contributed by atoms with E-state index in [9.17, 15) is 14.7 Å². The molecule has 1 saturated carbocycles. The van der Waals surface area contributed by atoms with Gasteiger partial charge in [0, 0.05) is 11.9 Å². The summed E-state index contributed by atoms with van der Waals surface area (Å²) in [7, 11) is 39.8. The summed E-state index contributed by atoms with van der Waals surface area (Å²) < 4.78 is 15.3. The Hall–Kier alpha value is -2.95. The maximum absolute atomic E-state index is 15.3. The molecule has 170 valence electrons. The Labute approximate surface area is 228 Å². The second-order valence-electron chi connectivity index (χ2n) is 10.3. The number of phenols is 1. The van der Waals surface area contributed by atoms with E-state index in [1.807, 2.05) is 6.07 Å². The highest BCUT2D eigenvalue weighted by molar-refractivity contribution is 7.00. The van der Waals surface area contributed by atoms with Gasteiger partial charge in [-0.3, -0.25) is 14.6 Å². The van der Waals surface area contributed by atoms with Crippen LogP contribution in [-0.2, 0) is 16.6 Å². The normalized spacial score (nSPS) is 26.5. The molecule has 5 rings (SSSR count). The SMILES string of the molecule is [B]c1c(O)c(C23C([B])([B])[B]C2([B])[B]C3([B])[B])cc(F)c1CC(=O)Nc1ccnc(C(=O)NC2(C#N)CC2)c1. The number of pyridine rings is 1. The number of phenolic OH excluding ortho intramolecular Hbond substituents is 1. The summed E-state index contributed by atoms with van der Waals surface area (Å²) in [6, 6.07) is 5.71. The van der Waals surface area contributed by atoms with Crippen LogP contribution in [-0.4, -0.2) is 89.1 Å². The molecule has 3 fully saturated rings. The van der Waals surface area contributed by atoms with Crippen molar-refractivity contribution in [1.82, 2.24) is 10.3 Å². The van der Waals surface area contributed by atoms with Crippen LogP contribution in [0.3, 0.4) is 0 Å². The van der Waals surface area contributed by atoms with Crippen molar-refractivity contribution < 1.29 is 19.1 Å². The molecule has 1 aliphatic carbocycles. The van der Waals surface area contributed by atoms with Crippen LogP contribution in [0.15, 0.2) is 24.4 Å². The average molecular weight is 487 g/mol. The first-order valence-electron chi connectivity index (χ1n) is 11.6. The fourth-order valence-electron chi connectivity index (χ4n) is 5.77. The van der Waals surface area contributed by atoms with Crippen LogP contribution in [0, 0.1) is 17.1 Å². The van der Waals surface area contributed by atoms with Crippen molar-refractivity contribution in [2.75, 3.05) is 5.32 Å². The Balaban J connectivity index is 1.37. The molecular formula is C22H13B8FN4O3. The summed E-state index contributed by atoms with van der Waals surface area (Å²) in [6.45, 7) is 0. The number of nitrogens with zero attached hydrogens (tertiary/aromatic N) is 2. The van der Waals surface area contributed by atoms with Crippen LogP contribution in [0.5, 0.6) is 5.75 Å². The van der Waals surface area contributed by atoms with Crippen molar-refractivity contribution >= 4 is 84.6 Å². The lowest BCUT2D eigenvalue weighted by Gasteiger charge is -2.86. The van der Waals surface area contributed by atoms with Gasteiger partial charge in [-0.15, -0.1) is 15.3 Å². The third-order valence-electron chi connectivity index (χ3n) is 7.63. The fourth-order valence-corrected chi connectivity index (χ4v) is 5.77. The summed E-state index contributed by atoms with van der Waals surface area (Å²) in [6.07, 6.45) is 1.82. The van der Waals surface area contributed by atoms with Gasteiger partial charge >= 0.3 is 0 Å². The maximum atomic E-state index is 15.3. The second kappa shape index (κ2) is 8.27. The molecule has 16 heteroatoms. The predicted molar refractivity (Wildman–Crippen MR) is 145 cm³/mol. The number of nitriles is 1. The van der Waals surface area contributed by atoms with Gasteiger partial charge in [-0.1, -0.05) is 0 Å². The number of fused-ring (bicyclic) bond motifs is 1. The molecule has 0 atom stereocenters. The van der Waals surface area contributed by atoms with Crippen LogP contribution in [0.4, 0.5) is 10.1 Å². The quantitative estimate of drug-likeness (QED) is 0.427. The first kappa shape index (κ1) is 26.6. The Morgan fingerprint density at radius 2 is 1.79 bits per heavy atom. The van der Waals surface area contributed by atoms with E-state index in [0.29, 0.717) is 12.8 Å². The summed E-state index contributed by atoms with van der Waals surface area (Å²) in [5.74, 6) is -2.80. The molecule has 38 heavy (non-hydrogen) atoms. The Bertz CT molecular complexity index is 1410. The number of halogens is 1. The summed E-state index contributed by atoms with van der Waals surface area (Å²) in [5.41, 5.74) is -3.27. The maximum Gasteiger partial charge on any atom is 0.271 e. The molecular weight excluding hydrogens is 474 g/mol. The number of anilines is 1. The largest absolute Gasteiger partial charge is 0.508 e. The van der Waals surface area contributed by atoms with Crippen LogP contribution >= 0.6 is 0 Å². The number of amides is 2. The van der Waals surface area contributed by atoms with Gasteiger partial charge in [-0.2, -0.15) is 5.26 Å². The number of carbonyl (C=O) groups excluding carboxylic acids is 2. The van der Waals surface area contributed by atoms with Gasteiger partial charge < -0.3 is 15.7 Å². The Kier molecular flexibility index (Phi) is 5.80. The number of carbonyl (C=O) groups is 2. The number of aromatic nitrogens is 1. The van der Waals surface area contributed by atoms with E-state index >= 15 is 4.39 Å². The predicted octanol–water partition coefficient (Wildman–Crippen LogP) is -1.58. The van der Waals surface area contributed by atoms with Crippen molar-refractivity contribution in [3.8, 4) is 11.8 Å². The van der Waals surface area contributed by atoms with E-state index in [1.165, 1.54) is 32.9 Å². The standard InChI is InChI=1S/C22H13B8FN4O3/c23-15-10(6-14(36)34-9-1-4-33-13(5-9)17(38)35-18(8-32)2-3-18)12(31)7-11(16(15)37)19-20(24,25)29-22(19,28)30-21(19,26)27/h1,4-5,7,37H,2-3,6H2,(H,35,38)(H,33,34,36). The minimum Gasteiger partial charge on any atom is -0.508 e. The first-order chi connectivity index (χ1) is 17.6. The molecule has 7 nitrogen and oxygen atoms in total. The number of rotatable bonds is 6. The third kappa shape index (κ3) is 3.60. The molecule has 14 radical (unpaired) electrons. The molecule has 0 bridgehead atoms. The third-order valence-corrected chi connectivity index (χ3v) is 7.63. The van der Waals surface area contributed by atoms with E-state index in [0.717, 1.165) is 6.07 Å². The van der Waals surface area contributed by atoms with Crippen LogP contribution < -0.4 is 16.1 Å². The van der Waals surface area contributed by atoms with Gasteiger partial charge in [0.25, 0.3) is 5.91 Å². The molecule has 1 aromatic carbocycles. The van der Waals surface area contributed by atoms with Crippen molar-refractivity contribution in [2.24, 2.45) is 0 Å². The van der Waals surface area contributed by atoms with Crippen LogP contribution in [0.25, 0.3) is 0 Å². The number of hydrogen-bond acceptors (Lipinski definition) is 5. The van der Waals surface area contributed by atoms with Crippen LogP contribution in [0.2, 0.25) is 15.3 Å². The molecule has 2 amide bonds. The Morgan fingerprint density at radius 3 is 2.32 bits per heavy atom. The lowest BCUT2D eigenvalue weighted by atomic mass is 8.79. The molecule has 2 aromatic rings. The van der Waals surface area contributed by atoms with E-state index < -0.39 is 61.6 Å². The number of benzene rings is 1. The molecule has 0 spiro atoms. The van der Waals surface area contributed by atoms with Crippen LogP contribution in [0.1, 0.15) is 34.5 Å². The summed E-state index contributed by atoms with van der Waals surface area (Å²) in [5, 5.41) is 20.6. The van der Waals surface area contributed by atoms with Crippen molar-refractivity contribution in [3.05, 3.63) is 47.0 Å². The minimum atomic E-state index is -1.69. The topological polar surface area (TPSA) is 115 Å². The second-order valence-corrected chi connectivity index (χ2v) is 10.3. The minimum absolute atomic E-state index is 0.0183. The van der Waals surface area contributed by atoms with E-state index in [2.05, 4.69) is 15.6 Å². The first-order valence-corrected chi connectivity index (χ1v) is 11.6. The molecule has 0 unspecified atom stereocenters. The smallest absolute Gasteiger partial charge is 0.271 e. The lowest BCUT2D eigenvalue weighted by molar-refractivity contribution is -0.115. The zero-order valence-corrected chi connectivity index (χ0v) is 20.1. The van der Waals surface area contributed by atoms with Gasteiger partial charge in [-0.25, -0.2) is 4.39 Å². The highest BCUT2D eigenvalue weighted by Crippen LogP contribution is 2.83. The van der Waals surface area contributed by atoms with Gasteiger partial charge in [0.05, 0.1) is 66.3 Å². The van der Waals surface area contributed by atoms with Crippen molar-refractivity contribution in [2.45, 2.75) is 45.6 Å². The van der Waals surface area contributed by atoms with Gasteiger partial charge in [-0.05, 0) is 53.0 Å². The summed E-state index contributed by atoms with van der Waals surface area (Å²) in [4.78, 5) is 29.1. The number of hydrogen-bond donors (Lipinski definition) is 3. The van der Waals surface area contributed by atoms with E-state index in [-0.39, 0.29) is 22.5 Å². The van der Waals surface area contributed by atoms with Gasteiger partial charge in [0.2, 0.25) is 5.91 Å². The fraction of sp³-hybridized carbons (Fsp3) is 0.364. The summed E-state index contributed by atoms with van der Waals surface area (Å²) >= 11 is 0. The van der Waals surface area contributed by atoms with E-state index in [1.54, 1.807) is 0 Å². The highest BCUT2D eigenvalue weighted by Gasteiger charge is 2.78. The van der Waals surface area contributed by atoms with Gasteiger partial charge in [0.1, 0.15) is 30.6 Å². The molecule has 3 aliphatic rings. The zero-order valence-electron chi connectivity index (χ0n) is 20.1. The molecule has 3 heterocycles. The lowest BCUT2D eigenvalue weighted by Crippen LogP contribution is -2.84. The average Bonchev–Trinajstić information content (AvgIpc) is 3.58. The van der Waals surface area contributed by atoms with Crippen molar-refractivity contribution in [1.29, 1.82) is 5.26 Å².